The second-order valence-electron chi connectivity index (χ2n) is 8.14. The van der Waals surface area contributed by atoms with Gasteiger partial charge in [-0.15, -0.1) is 0 Å². The third kappa shape index (κ3) is 6.61. The summed E-state index contributed by atoms with van der Waals surface area (Å²) in [5, 5.41) is 22.8. The second-order valence-corrected chi connectivity index (χ2v) is 8.14. The molecule has 0 spiro atoms. The van der Waals surface area contributed by atoms with Crippen LogP contribution in [0.15, 0.2) is 59.9 Å². The van der Waals surface area contributed by atoms with Gasteiger partial charge in [-0.1, -0.05) is 56.3 Å². The number of rotatable bonds is 13. The highest BCUT2D eigenvalue weighted by molar-refractivity contribution is 5.94. The van der Waals surface area contributed by atoms with Crippen molar-refractivity contribution in [3.8, 4) is 5.75 Å². The molecule has 1 aromatic heterocycles. The molecule has 1 heterocycles. The number of ether oxygens (including phenoxy) is 1. The normalized spacial score (nSPS) is 11.7. The summed E-state index contributed by atoms with van der Waals surface area (Å²) >= 11 is 0. The zero-order chi connectivity index (χ0) is 22.8. The van der Waals surface area contributed by atoms with Crippen molar-refractivity contribution in [1.82, 2.24) is 4.57 Å². The van der Waals surface area contributed by atoms with E-state index in [1.54, 1.807) is 18.2 Å². The summed E-state index contributed by atoms with van der Waals surface area (Å²) in [5.41, 5.74) is 2.90. The van der Waals surface area contributed by atoms with E-state index >= 15 is 0 Å². The average Bonchev–Trinajstić information content (AvgIpc) is 3.21. The largest absolute Gasteiger partial charge is 0.487 e. The van der Waals surface area contributed by atoms with E-state index in [0.717, 1.165) is 23.1 Å². The van der Waals surface area contributed by atoms with Gasteiger partial charge < -0.3 is 19.6 Å². The molecule has 0 saturated heterocycles. The number of carboxylic acids is 1. The van der Waals surface area contributed by atoms with Crippen molar-refractivity contribution in [2.45, 2.75) is 58.4 Å². The number of unbranched alkanes of at least 4 members (excludes halogenated alkanes) is 5. The number of carboxylic acid groups (broad SMARTS) is 1. The monoisotopic (exact) mass is 436 g/mol. The number of benzene rings is 2. The molecule has 0 amide bonds. The Balaban J connectivity index is 1.49. The van der Waals surface area contributed by atoms with Gasteiger partial charge in [0.25, 0.3) is 0 Å². The van der Waals surface area contributed by atoms with Crippen molar-refractivity contribution in [3.63, 3.8) is 0 Å². The number of carbonyl (C=O) groups is 1. The summed E-state index contributed by atoms with van der Waals surface area (Å²) in [6, 6.07) is 14.9. The molecule has 0 bridgehead atoms. The Morgan fingerprint density at radius 1 is 1.00 bits per heavy atom. The fraction of sp³-hybridized carbons (Fsp3) is 0.385. The van der Waals surface area contributed by atoms with Crippen LogP contribution in [0.1, 0.15) is 61.4 Å². The number of aryl methyl sites for hydroxylation is 1. The molecule has 6 heteroatoms. The quantitative estimate of drug-likeness (QED) is 0.146. The number of hydrogen-bond donors (Lipinski definition) is 2. The van der Waals surface area contributed by atoms with E-state index in [1.807, 2.05) is 29.0 Å². The van der Waals surface area contributed by atoms with Gasteiger partial charge in [-0.05, 0) is 54.8 Å². The molecule has 32 heavy (non-hydrogen) atoms. The summed E-state index contributed by atoms with van der Waals surface area (Å²) < 4.78 is 7.72. The summed E-state index contributed by atoms with van der Waals surface area (Å²) in [6.45, 7) is 2.75. The molecule has 0 saturated carbocycles. The second kappa shape index (κ2) is 11.9. The van der Waals surface area contributed by atoms with E-state index in [1.165, 1.54) is 44.1 Å². The van der Waals surface area contributed by atoms with Gasteiger partial charge in [0.1, 0.15) is 18.1 Å². The molecule has 2 N–H and O–H groups in total. The Kier molecular flexibility index (Phi) is 8.72. The van der Waals surface area contributed by atoms with Gasteiger partial charge in [0.2, 0.25) is 0 Å². The molecule has 170 valence electrons. The van der Waals surface area contributed by atoms with Crippen LogP contribution in [0.2, 0.25) is 0 Å². The highest BCUT2D eigenvalue weighted by atomic mass is 16.5. The maximum absolute atomic E-state index is 11.1. The van der Waals surface area contributed by atoms with E-state index < -0.39 is 5.97 Å². The Bertz CT molecular complexity index is 1040. The minimum atomic E-state index is -0.955. The maximum Gasteiger partial charge on any atom is 0.335 e. The van der Waals surface area contributed by atoms with Gasteiger partial charge in [0, 0.05) is 17.1 Å². The molecule has 0 aliphatic rings. The topological polar surface area (TPSA) is 84.0 Å². The van der Waals surface area contributed by atoms with Crippen molar-refractivity contribution in [2.24, 2.45) is 5.16 Å². The lowest BCUT2D eigenvalue weighted by Gasteiger charge is -2.10. The predicted octanol–water partition coefficient (Wildman–Crippen LogP) is 6.15. The minimum Gasteiger partial charge on any atom is -0.487 e. The zero-order valence-electron chi connectivity index (χ0n) is 18.7. The Morgan fingerprint density at radius 2 is 1.75 bits per heavy atom. The summed E-state index contributed by atoms with van der Waals surface area (Å²) in [5.74, 6) is -0.218. The lowest BCUT2D eigenvalue weighted by atomic mass is 10.0. The van der Waals surface area contributed by atoms with Crippen LogP contribution < -0.4 is 4.74 Å². The molecule has 6 nitrogen and oxygen atoms in total. The maximum atomic E-state index is 11.1. The molecule has 3 rings (SSSR count). The van der Waals surface area contributed by atoms with Crippen molar-refractivity contribution in [2.75, 3.05) is 6.61 Å². The number of aromatic carboxylic acids is 1. The highest BCUT2D eigenvalue weighted by Crippen LogP contribution is 2.19. The van der Waals surface area contributed by atoms with E-state index in [2.05, 4.69) is 24.2 Å². The van der Waals surface area contributed by atoms with E-state index in [0.29, 0.717) is 12.3 Å². The van der Waals surface area contributed by atoms with Crippen molar-refractivity contribution in [1.29, 1.82) is 0 Å². The number of oxime groups is 1. The van der Waals surface area contributed by atoms with Crippen LogP contribution in [0, 0.1) is 0 Å². The molecule has 0 aliphatic carbocycles. The van der Waals surface area contributed by atoms with Crippen LogP contribution in [-0.2, 0) is 13.0 Å². The Labute approximate surface area is 189 Å². The van der Waals surface area contributed by atoms with Crippen molar-refractivity contribution < 1.29 is 19.8 Å². The smallest absolute Gasteiger partial charge is 0.335 e. The highest BCUT2D eigenvalue weighted by Gasteiger charge is 2.10. The minimum absolute atomic E-state index is 0.167. The zero-order valence-corrected chi connectivity index (χ0v) is 18.7. The van der Waals surface area contributed by atoms with Crippen LogP contribution in [0.5, 0.6) is 5.75 Å². The van der Waals surface area contributed by atoms with Crippen LogP contribution in [0.3, 0.4) is 0 Å². The molecular weight excluding hydrogens is 404 g/mol. The third-order valence-corrected chi connectivity index (χ3v) is 5.66. The number of fused-ring (bicyclic) bond motifs is 1. The van der Waals surface area contributed by atoms with E-state index in [-0.39, 0.29) is 12.2 Å². The number of nitrogens with zero attached hydrogens (tertiary/aromatic N) is 2. The Morgan fingerprint density at radius 3 is 2.47 bits per heavy atom. The molecule has 0 atom stereocenters. The first kappa shape index (κ1) is 23.4. The lowest BCUT2D eigenvalue weighted by molar-refractivity contribution is 0.0697. The third-order valence-electron chi connectivity index (χ3n) is 5.66. The van der Waals surface area contributed by atoms with E-state index in [4.69, 9.17) is 9.84 Å². The van der Waals surface area contributed by atoms with Gasteiger partial charge in [-0.2, -0.15) is 0 Å². The first-order valence-electron chi connectivity index (χ1n) is 11.3. The first-order valence-corrected chi connectivity index (χ1v) is 11.3. The molecule has 0 unspecified atom stereocenters. The van der Waals surface area contributed by atoms with Gasteiger partial charge in [0.05, 0.1) is 12.1 Å². The summed E-state index contributed by atoms with van der Waals surface area (Å²) in [7, 11) is 0. The summed E-state index contributed by atoms with van der Waals surface area (Å²) in [6.07, 6.45) is 10.7. The molecule has 0 aliphatic heterocycles. The lowest BCUT2D eigenvalue weighted by Crippen LogP contribution is -2.18. The van der Waals surface area contributed by atoms with E-state index in [9.17, 15) is 10.0 Å². The van der Waals surface area contributed by atoms with Crippen molar-refractivity contribution >= 4 is 22.6 Å². The van der Waals surface area contributed by atoms with Crippen LogP contribution in [-0.4, -0.2) is 33.2 Å². The van der Waals surface area contributed by atoms with Gasteiger partial charge in [-0.25, -0.2) is 4.79 Å². The van der Waals surface area contributed by atoms with Crippen molar-refractivity contribution in [3.05, 3.63) is 65.9 Å². The SMILES string of the molecule is CCCCCCCCc1ccc(OC/C(Cn2ccc3cc(C(=O)O)ccc32)=N/O)cc1. The number of aromatic nitrogens is 1. The fourth-order valence-electron chi connectivity index (χ4n) is 3.80. The molecular formula is C26H32N2O4. The van der Waals surface area contributed by atoms with Crippen LogP contribution in [0.4, 0.5) is 0 Å². The van der Waals surface area contributed by atoms with Crippen LogP contribution in [0.25, 0.3) is 10.9 Å². The van der Waals surface area contributed by atoms with Gasteiger partial charge in [0.15, 0.2) is 0 Å². The molecule has 2 aromatic carbocycles. The molecule has 0 radical (unpaired) electrons. The Hall–Kier alpha value is -3.28. The van der Waals surface area contributed by atoms with Crippen LogP contribution >= 0.6 is 0 Å². The first-order chi connectivity index (χ1) is 15.6. The summed E-state index contributed by atoms with van der Waals surface area (Å²) in [4.78, 5) is 11.1. The predicted molar refractivity (Wildman–Crippen MR) is 127 cm³/mol. The average molecular weight is 437 g/mol. The molecule has 0 fully saturated rings. The van der Waals surface area contributed by atoms with Gasteiger partial charge >= 0.3 is 5.97 Å². The van der Waals surface area contributed by atoms with Gasteiger partial charge in [-0.3, -0.25) is 0 Å². The molecule has 3 aromatic rings. The number of hydrogen-bond acceptors (Lipinski definition) is 4. The standard InChI is InChI=1S/C26H32N2O4/c1-2-3-4-5-6-7-8-20-9-12-24(13-10-20)32-19-23(27-31)18-28-16-15-21-17-22(26(29)30)11-14-25(21)28/h9-17,31H,2-8,18-19H2,1H3,(H,29,30)/b27-23+. The fourth-order valence-corrected chi connectivity index (χ4v) is 3.80.